The maximum atomic E-state index is 6.51. The van der Waals surface area contributed by atoms with Crippen molar-refractivity contribution in [1.82, 2.24) is 4.57 Å². The zero-order valence-electron chi connectivity index (χ0n) is 36.6. The number of anilines is 3. The Balaban J connectivity index is 1.00. The quantitative estimate of drug-likeness (QED) is 0.152. The molecule has 2 aromatic heterocycles. The van der Waals surface area contributed by atoms with Crippen LogP contribution in [-0.2, 0) is 0 Å². The first-order chi connectivity index (χ1) is 33.2. The zero-order chi connectivity index (χ0) is 44.3. The van der Waals surface area contributed by atoms with Crippen molar-refractivity contribution in [2.45, 2.75) is 0 Å². The number of para-hydroxylation sites is 4. The van der Waals surface area contributed by atoms with Crippen molar-refractivity contribution in [3.8, 4) is 50.2 Å². The van der Waals surface area contributed by atoms with Gasteiger partial charge in [-0.1, -0.05) is 188 Å². The Labute approximate surface area is 388 Å². The molecule has 2 heterocycles. The molecule has 0 unspecified atom stereocenters. The van der Waals surface area contributed by atoms with Gasteiger partial charge in [0.25, 0.3) is 0 Å². The fourth-order valence-corrected chi connectivity index (χ4v) is 10.2. The van der Waals surface area contributed by atoms with Crippen molar-refractivity contribution < 1.29 is 4.42 Å². The number of nitrogens with zero attached hydrogens (tertiary/aromatic N) is 2. The third-order valence-electron chi connectivity index (χ3n) is 13.4. The predicted octanol–water partition coefficient (Wildman–Crippen LogP) is 18.0. The Morgan fingerprint density at radius 3 is 1.60 bits per heavy atom. The van der Waals surface area contributed by atoms with Crippen LogP contribution in [0.4, 0.5) is 17.1 Å². The molecule has 0 atom stereocenters. The highest BCUT2D eigenvalue weighted by atomic mass is 16.3. The molecule has 0 saturated heterocycles. The van der Waals surface area contributed by atoms with E-state index in [9.17, 15) is 0 Å². The van der Waals surface area contributed by atoms with Crippen molar-refractivity contribution >= 4 is 71.6 Å². The van der Waals surface area contributed by atoms with Crippen molar-refractivity contribution in [3.63, 3.8) is 0 Å². The number of fused-ring (bicyclic) bond motifs is 7. The van der Waals surface area contributed by atoms with Gasteiger partial charge < -0.3 is 13.9 Å². The summed E-state index contributed by atoms with van der Waals surface area (Å²) in [6.07, 6.45) is 0. The minimum atomic E-state index is 0.897. The Bertz CT molecular complexity index is 3910. The molecule has 0 N–H and O–H groups in total. The average molecular weight is 855 g/mol. The lowest BCUT2D eigenvalue weighted by atomic mass is 9.95. The van der Waals surface area contributed by atoms with Gasteiger partial charge in [0, 0.05) is 49.7 Å². The molecule has 67 heavy (non-hydrogen) atoms. The van der Waals surface area contributed by atoms with E-state index in [1.54, 1.807) is 0 Å². The number of rotatable bonds is 8. The lowest BCUT2D eigenvalue weighted by Crippen LogP contribution is -2.11. The molecule has 0 aliphatic carbocycles. The van der Waals surface area contributed by atoms with Gasteiger partial charge in [-0.2, -0.15) is 0 Å². The van der Waals surface area contributed by atoms with Crippen LogP contribution in [0, 0.1) is 0 Å². The Morgan fingerprint density at radius 2 is 0.851 bits per heavy atom. The standard InChI is InChI=1S/C64H42N2O/c1-2-15-43(16-3-1)47-35-40-62(59(42-47)48-19-12-20-51(41-48)66-60-28-9-6-22-55(60)56-23-7-10-29-61(56)66)65(49-36-31-45(32-37-49)53-25-13-18-44-17-4-5-21-52(44)53)50-38-33-46(34-39-50)54-26-14-27-58-57-24-8-11-30-63(57)67-64(54)58/h1-42H. The smallest absolute Gasteiger partial charge is 0.143 e. The molecule has 13 rings (SSSR count). The molecule has 0 radical (unpaired) electrons. The number of hydrogen-bond acceptors (Lipinski definition) is 2. The summed E-state index contributed by atoms with van der Waals surface area (Å²) < 4.78 is 8.92. The number of furan rings is 1. The second-order valence-electron chi connectivity index (χ2n) is 17.3. The molecule has 3 nitrogen and oxygen atoms in total. The fraction of sp³-hybridized carbons (Fsp3) is 0. The number of benzene rings is 11. The summed E-state index contributed by atoms with van der Waals surface area (Å²) in [5, 5.41) is 7.21. The SMILES string of the molecule is c1ccc(-c2ccc(N(c3ccc(-c4cccc5ccccc45)cc3)c3ccc(-c4cccc5c4oc4ccccc45)cc3)c(-c3cccc(-n4c5ccccc5c5ccccc54)c3)c2)cc1. The highest BCUT2D eigenvalue weighted by molar-refractivity contribution is 6.10. The minimum Gasteiger partial charge on any atom is -0.455 e. The number of hydrogen-bond donors (Lipinski definition) is 0. The molecule has 13 aromatic rings. The maximum Gasteiger partial charge on any atom is 0.143 e. The first kappa shape index (κ1) is 38.5. The maximum absolute atomic E-state index is 6.51. The van der Waals surface area contributed by atoms with Gasteiger partial charge in [-0.25, -0.2) is 0 Å². The molecule has 3 heteroatoms. The van der Waals surface area contributed by atoms with Gasteiger partial charge in [-0.05, 0) is 111 Å². The van der Waals surface area contributed by atoms with Crippen LogP contribution in [0.2, 0.25) is 0 Å². The van der Waals surface area contributed by atoms with Gasteiger partial charge >= 0.3 is 0 Å². The van der Waals surface area contributed by atoms with Gasteiger partial charge in [0.05, 0.1) is 16.7 Å². The topological polar surface area (TPSA) is 21.3 Å². The third-order valence-corrected chi connectivity index (χ3v) is 13.4. The van der Waals surface area contributed by atoms with Gasteiger partial charge in [-0.3, -0.25) is 0 Å². The van der Waals surface area contributed by atoms with Crippen molar-refractivity contribution in [2.24, 2.45) is 0 Å². The summed E-state index contributed by atoms with van der Waals surface area (Å²) >= 11 is 0. The van der Waals surface area contributed by atoms with E-state index in [1.165, 1.54) is 49.3 Å². The van der Waals surface area contributed by atoms with E-state index in [0.717, 1.165) is 72.5 Å². The lowest BCUT2D eigenvalue weighted by Gasteiger charge is -2.29. The van der Waals surface area contributed by atoms with E-state index >= 15 is 0 Å². The fourth-order valence-electron chi connectivity index (χ4n) is 10.2. The Morgan fingerprint density at radius 1 is 0.313 bits per heavy atom. The molecule has 0 aliphatic rings. The van der Waals surface area contributed by atoms with Crippen LogP contribution in [0.15, 0.2) is 259 Å². The zero-order valence-corrected chi connectivity index (χ0v) is 36.6. The predicted molar refractivity (Wildman–Crippen MR) is 282 cm³/mol. The normalized spacial score (nSPS) is 11.6. The first-order valence-corrected chi connectivity index (χ1v) is 22.9. The molecular formula is C64H42N2O. The highest BCUT2D eigenvalue weighted by Crippen LogP contribution is 2.45. The molecule has 0 bridgehead atoms. The molecule has 0 amide bonds. The second-order valence-corrected chi connectivity index (χ2v) is 17.3. The lowest BCUT2D eigenvalue weighted by molar-refractivity contribution is 0.670. The summed E-state index contributed by atoms with van der Waals surface area (Å²) in [6.45, 7) is 0. The number of aromatic nitrogens is 1. The van der Waals surface area contributed by atoms with E-state index in [1.807, 2.05) is 12.1 Å². The van der Waals surface area contributed by atoms with Gasteiger partial charge in [-0.15, -0.1) is 0 Å². The van der Waals surface area contributed by atoms with Crippen molar-refractivity contribution in [1.29, 1.82) is 0 Å². The summed E-state index contributed by atoms with van der Waals surface area (Å²) in [6, 6.07) is 92.0. The van der Waals surface area contributed by atoms with E-state index in [0.29, 0.717) is 0 Å². The summed E-state index contributed by atoms with van der Waals surface area (Å²) in [7, 11) is 0. The van der Waals surface area contributed by atoms with E-state index in [2.05, 4.69) is 252 Å². The van der Waals surface area contributed by atoms with Crippen LogP contribution in [0.25, 0.3) is 105 Å². The molecular weight excluding hydrogens is 813 g/mol. The van der Waals surface area contributed by atoms with Gasteiger partial charge in [0.15, 0.2) is 0 Å². The average Bonchev–Trinajstić information content (AvgIpc) is 3.96. The van der Waals surface area contributed by atoms with E-state index in [4.69, 9.17) is 4.42 Å². The largest absolute Gasteiger partial charge is 0.455 e. The molecule has 11 aromatic carbocycles. The third kappa shape index (κ3) is 6.59. The van der Waals surface area contributed by atoms with Crippen molar-refractivity contribution in [3.05, 3.63) is 255 Å². The Hall–Kier alpha value is -8.92. The van der Waals surface area contributed by atoms with Gasteiger partial charge in [0.2, 0.25) is 0 Å². The molecule has 314 valence electrons. The molecule has 0 aliphatic heterocycles. The van der Waals surface area contributed by atoms with Crippen LogP contribution >= 0.6 is 0 Å². The summed E-state index contributed by atoms with van der Waals surface area (Å²) in [5.74, 6) is 0. The summed E-state index contributed by atoms with van der Waals surface area (Å²) in [4.78, 5) is 2.41. The van der Waals surface area contributed by atoms with Crippen LogP contribution < -0.4 is 4.90 Å². The van der Waals surface area contributed by atoms with Crippen LogP contribution in [-0.4, -0.2) is 4.57 Å². The second kappa shape index (κ2) is 16.0. The van der Waals surface area contributed by atoms with Crippen molar-refractivity contribution in [2.75, 3.05) is 4.90 Å². The molecule has 0 fully saturated rings. The van der Waals surface area contributed by atoms with Crippen LogP contribution in [0.3, 0.4) is 0 Å². The molecule has 0 spiro atoms. The summed E-state index contributed by atoms with van der Waals surface area (Å²) in [5.41, 5.74) is 17.6. The Kier molecular flexibility index (Phi) is 9.17. The van der Waals surface area contributed by atoms with E-state index < -0.39 is 0 Å². The van der Waals surface area contributed by atoms with Gasteiger partial charge in [0.1, 0.15) is 11.2 Å². The van der Waals surface area contributed by atoms with Crippen LogP contribution in [0.1, 0.15) is 0 Å². The van der Waals surface area contributed by atoms with E-state index in [-0.39, 0.29) is 0 Å². The highest BCUT2D eigenvalue weighted by Gasteiger charge is 2.21. The molecule has 0 saturated carbocycles. The first-order valence-electron chi connectivity index (χ1n) is 22.9. The minimum absolute atomic E-state index is 0.897. The van der Waals surface area contributed by atoms with Crippen LogP contribution in [0.5, 0.6) is 0 Å². The monoisotopic (exact) mass is 854 g/mol.